The van der Waals surface area contributed by atoms with Gasteiger partial charge in [-0.25, -0.2) is 0 Å². The molecule has 0 saturated carbocycles. The van der Waals surface area contributed by atoms with E-state index < -0.39 is 5.79 Å². The van der Waals surface area contributed by atoms with Crippen LogP contribution in [-0.4, -0.2) is 75.1 Å². The largest absolute Gasteiger partial charge is 0.468 e. The van der Waals surface area contributed by atoms with Gasteiger partial charge in [-0.15, -0.1) is 0 Å². The van der Waals surface area contributed by atoms with Crippen LogP contribution in [-0.2, 0) is 23.7 Å². The van der Waals surface area contributed by atoms with E-state index in [4.69, 9.17) is 18.9 Å². The van der Waals surface area contributed by atoms with Crippen molar-refractivity contribution in [2.24, 2.45) is 5.92 Å². The van der Waals surface area contributed by atoms with Gasteiger partial charge in [-0.3, -0.25) is 9.69 Å². The van der Waals surface area contributed by atoms with Crippen LogP contribution in [0.5, 0.6) is 0 Å². The summed E-state index contributed by atoms with van der Waals surface area (Å²) in [6.45, 7) is 1.02. The third-order valence-electron chi connectivity index (χ3n) is 4.65. The van der Waals surface area contributed by atoms with Gasteiger partial charge in [0.1, 0.15) is 6.79 Å². The molecule has 2 unspecified atom stereocenters. The molecule has 22 heavy (non-hydrogen) atoms. The van der Waals surface area contributed by atoms with E-state index in [-0.39, 0.29) is 31.4 Å². The predicted octanol–water partition coefficient (Wildman–Crippen LogP) is 0.358. The summed E-state index contributed by atoms with van der Waals surface area (Å²) in [7, 11) is 4.63. The Hall–Kier alpha value is -0.730. The Kier molecular flexibility index (Phi) is 6.17. The predicted molar refractivity (Wildman–Crippen MR) is 78.0 cm³/mol. The van der Waals surface area contributed by atoms with Gasteiger partial charge in [-0.05, 0) is 18.8 Å². The Morgan fingerprint density at radius 2 is 1.82 bits per heavy atom. The number of fused-ring (bicyclic) bond motifs is 2. The van der Waals surface area contributed by atoms with Crippen molar-refractivity contribution in [2.75, 3.05) is 41.3 Å². The molecule has 1 N–H and O–H groups in total. The summed E-state index contributed by atoms with van der Waals surface area (Å²) in [6, 6.07) is 0.155. The highest BCUT2D eigenvalue weighted by molar-refractivity contribution is 5.71. The van der Waals surface area contributed by atoms with Crippen LogP contribution < -0.4 is 0 Å². The average molecular weight is 317 g/mol. The molecule has 2 aliphatic heterocycles. The molecule has 2 aliphatic rings. The van der Waals surface area contributed by atoms with Gasteiger partial charge in [-0.1, -0.05) is 0 Å². The van der Waals surface area contributed by atoms with E-state index in [1.54, 1.807) is 7.11 Å². The van der Waals surface area contributed by atoms with Gasteiger partial charge in [-0.2, -0.15) is 0 Å². The van der Waals surface area contributed by atoms with Gasteiger partial charge in [0.05, 0.1) is 13.7 Å². The van der Waals surface area contributed by atoms with Crippen molar-refractivity contribution in [2.45, 2.75) is 43.6 Å². The monoisotopic (exact) mass is 317 g/mol. The van der Waals surface area contributed by atoms with E-state index in [1.165, 1.54) is 14.2 Å². The van der Waals surface area contributed by atoms with Crippen molar-refractivity contribution in [1.29, 1.82) is 0 Å². The number of rotatable bonds is 7. The normalized spacial score (nSPS) is 35.4. The van der Waals surface area contributed by atoms with E-state index in [0.29, 0.717) is 25.4 Å². The van der Waals surface area contributed by atoms with Gasteiger partial charge in [0.2, 0.25) is 0 Å². The maximum Gasteiger partial charge on any atom is 0.319 e. The van der Waals surface area contributed by atoms with Crippen molar-refractivity contribution < 1.29 is 28.8 Å². The van der Waals surface area contributed by atoms with E-state index in [1.807, 2.05) is 0 Å². The summed E-state index contributed by atoms with van der Waals surface area (Å²) in [4.78, 5) is 13.8. The van der Waals surface area contributed by atoms with E-state index >= 15 is 0 Å². The minimum atomic E-state index is -1.18. The van der Waals surface area contributed by atoms with Crippen LogP contribution in [0.2, 0.25) is 0 Å². The lowest BCUT2D eigenvalue weighted by molar-refractivity contribution is -0.281. The molecule has 7 heteroatoms. The summed E-state index contributed by atoms with van der Waals surface area (Å²) < 4.78 is 20.5. The summed E-state index contributed by atoms with van der Waals surface area (Å²) in [5.74, 6) is -0.986. The molecule has 2 atom stereocenters. The first-order valence-electron chi connectivity index (χ1n) is 7.68. The molecule has 0 aromatic carbocycles. The minimum Gasteiger partial charge on any atom is -0.468 e. The van der Waals surface area contributed by atoms with Crippen molar-refractivity contribution >= 4 is 5.97 Å². The lowest BCUT2D eigenvalue weighted by Gasteiger charge is -2.53. The fourth-order valence-electron chi connectivity index (χ4n) is 3.79. The fraction of sp³-hybridized carbons (Fsp3) is 0.933. The standard InChI is InChI=1S/C15H27NO6/c1-19-9-11-4-12-6-15(18,22-10-20-2)7-13(5-11)16(12)8-14(17)21-3/h11-13,18H,4-10H2,1-3H3. The van der Waals surface area contributed by atoms with Crippen molar-refractivity contribution in [3.05, 3.63) is 0 Å². The van der Waals surface area contributed by atoms with E-state index in [9.17, 15) is 9.90 Å². The Balaban J connectivity index is 2.07. The van der Waals surface area contributed by atoms with Crippen LogP contribution in [0.3, 0.4) is 0 Å². The highest BCUT2D eigenvalue weighted by Gasteiger charge is 2.49. The van der Waals surface area contributed by atoms with Crippen molar-refractivity contribution in [3.63, 3.8) is 0 Å². The fourth-order valence-corrected chi connectivity index (χ4v) is 3.79. The van der Waals surface area contributed by atoms with Crippen LogP contribution in [0, 0.1) is 5.92 Å². The Bertz CT molecular complexity index is 361. The van der Waals surface area contributed by atoms with Crippen LogP contribution >= 0.6 is 0 Å². The lowest BCUT2D eigenvalue weighted by atomic mass is 9.76. The second-order valence-electron chi connectivity index (χ2n) is 6.25. The van der Waals surface area contributed by atoms with Crippen molar-refractivity contribution in [1.82, 2.24) is 4.90 Å². The number of ether oxygens (including phenoxy) is 4. The first-order chi connectivity index (χ1) is 10.5. The molecule has 7 nitrogen and oxygen atoms in total. The average Bonchev–Trinajstić information content (AvgIpc) is 2.47. The molecule has 2 rings (SSSR count). The second kappa shape index (κ2) is 7.70. The third-order valence-corrected chi connectivity index (χ3v) is 4.65. The van der Waals surface area contributed by atoms with E-state index in [0.717, 1.165) is 12.8 Å². The van der Waals surface area contributed by atoms with Crippen LogP contribution in [0.25, 0.3) is 0 Å². The number of nitrogens with zero attached hydrogens (tertiary/aromatic N) is 1. The highest BCUT2D eigenvalue weighted by atomic mass is 16.7. The molecule has 0 spiro atoms. The molecule has 2 bridgehead atoms. The minimum absolute atomic E-state index is 0.0639. The van der Waals surface area contributed by atoms with Crippen LogP contribution in [0.1, 0.15) is 25.7 Å². The third kappa shape index (κ3) is 4.17. The maximum atomic E-state index is 11.6. The molecule has 2 saturated heterocycles. The first-order valence-corrected chi connectivity index (χ1v) is 7.68. The smallest absolute Gasteiger partial charge is 0.319 e. The van der Waals surface area contributed by atoms with Gasteiger partial charge < -0.3 is 24.1 Å². The SMILES string of the molecule is COCOC1(O)CC2CC(COC)CC(C1)N2CC(=O)OC. The van der Waals surface area contributed by atoms with Gasteiger partial charge in [0, 0.05) is 45.8 Å². The molecule has 0 aromatic rings. The Morgan fingerprint density at radius 1 is 1.18 bits per heavy atom. The molecule has 0 aromatic heterocycles. The molecular formula is C15H27NO6. The number of carbonyl (C=O) groups is 1. The molecule has 2 heterocycles. The highest BCUT2D eigenvalue weighted by Crippen LogP contribution is 2.41. The number of piperidine rings is 2. The summed E-state index contributed by atoms with van der Waals surface area (Å²) in [5, 5.41) is 10.7. The zero-order valence-corrected chi connectivity index (χ0v) is 13.6. The molecule has 2 fully saturated rings. The zero-order valence-electron chi connectivity index (χ0n) is 13.6. The number of hydrogen-bond acceptors (Lipinski definition) is 7. The van der Waals surface area contributed by atoms with Gasteiger partial charge in [0.25, 0.3) is 0 Å². The number of carbonyl (C=O) groups excluding carboxylic acids is 1. The molecule has 0 amide bonds. The summed E-state index contributed by atoms with van der Waals surface area (Å²) in [5.41, 5.74) is 0. The van der Waals surface area contributed by atoms with Gasteiger partial charge in [0.15, 0.2) is 5.79 Å². The number of hydrogen-bond donors (Lipinski definition) is 1. The summed E-state index contributed by atoms with van der Waals surface area (Å²) in [6.07, 6.45) is 2.67. The van der Waals surface area contributed by atoms with Crippen LogP contribution in [0.15, 0.2) is 0 Å². The molecular weight excluding hydrogens is 290 g/mol. The lowest BCUT2D eigenvalue weighted by Crippen LogP contribution is -2.61. The van der Waals surface area contributed by atoms with E-state index in [2.05, 4.69) is 4.90 Å². The first kappa shape index (κ1) is 17.6. The Morgan fingerprint density at radius 3 is 2.32 bits per heavy atom. The van der Waals surface area contributed by atoms with Gasteiger partial charge >= 0.3 is 5.97 Å². The Labute approximate surface area is 131 Å². The number of methoxy groups -OCH3 is 3. The maximum absolute atomic E-state index is 11.6. The quantitative estimate of drug-likeness (QED) is 0.536. The molecule has 0 aliphatic carbocycles. The molecule has 0 radical (unpaired) electrons. The van der Waals surface area contributed by atoms with Crippen LogP contribution in [0.4, 0.5) is 0 Å². The zero-order chi connectivity index (χ0) is 16.2. The topological polar surface area (TPSA) is 77.5 Å². The molecule has 128 valence electrons. The number of esters is 1. The summed E-state index contributed by atoms with van der Waals surface area (Å²) >= 11 is 0. The van der Waals surface area contributed by atoms with Crippen molar-refractivity contribution in [3.8, 4) is 0 Å². The second-order valence-corrected chi connectivity index (χ2v) is 6.25. The number of aliphatic hydroxyl groups is 1.